The van der Waals surface area contributed by atoms with E-state index in [4.69, 9.17) is 18.4 Å². The van der Waals surface area contributed by atoms with Crippen molar-refractivity contribution in [2.75, 3.05) is 6.61 Å². The fourth-order valence-electron chi connectivity index (χ4n) is 3.48. The summed E-state index contributed by atoms with van der Waals surface area (Å²) in [7, 11) is -4.41. The van der Waals surface area contributed by atoms with Crippen molar-refractivity contribution < 1.29 is 36.4 Å². The first kappa shape index (κ1) is 27.8. The lowest BCUT2D eigenvalue weighted by atomic mass is 10.1. The molecule has 1 aliphatic heterocycles. The molecule has 1 aromatic heterocycles. The van der Waals surface area contributed by atoms with Gasteiger partial charge in [-0.05, 0) is 29.2 Å². The number of ether oxygens (including phenoxy) is 3. The highest BCUT2D eigenvalue weighted by Gasteiger charge is 2.51. The molecular weight excluding hydrogens is 611 g/mol. The molecule has 1 aliphatic rings. The van der Waals surface area contributed by atoms with Crippen molar-refractivity contribution >= 4 is 50.7 Å². The van der Waals surface area contributed by atoms with Crippen LogP contribution in [0.2, 0.25) is 0 Å². The number of carbonyl (C=O) groups is 2. The van der Waals surface area contributed by atoms with Gasteiger partial charge in [-0.2, -0.15) is 8.42 Å². The third-order valence-corrected chi connectivity index (χ3v) is 6.78. The van der Waals surface area contributed by atoms with Gasteiger partial charge in [-0.1, -0.05) is 40.3 Å². The summed E-state index contributed by atoms with van der Waals surface area (Å²) >= 11 is 1.89. The number of nitrogens with zero attached hydrogens (tertiary/aromatic N) is 1. The maximum atomic E-state index is 13.1. The van der Waals surface area contributed by atoms with Crippen molar-refractivity contribution in [2.24, 2.45) is 0 Å². The second-order valence-electron chi connectivity index (χ2n) is 7.81. The van der Waals surface area contributed by atoms with Gasteiger partial charge in [0.15, 0.2) is 12.3 Å². The number of nitrogens with one attached hydrogen (secondary N) is 1. The smallest absolute Gasteiger partial charge is 0.330 e. The lowest BCUT2D eigenvalue weighted by molar-refractivity contribution is -0.155. The molecule has 1 aromatic carbocycles. The van der Waals surface area contributed by atoms with Gasteiger partial charge in [-0.15, -0.1) is 0 Å². The van der Waals surface area contributed by atoms with Gasteiger partial charge in [0.1, 0.15) is 18.8 Å². The van der Waals surface area contributed by atoms with Crippen LogP contribution in [0.1, 0.15) is 31.2 Å². The predicted octanol–water partition coefficient (Wildman–Crippen LogP) is 1.42. The van der Waals surface area contributed by atoms with E-state index in [1.807, 2.05) is 22.6 Å². The molecular formula is C22H23IN2O10S. The minimum absolute atomic E-state index is 0.0855. The number of halogens is 1. The van der Waals surface area contributed by atoms with Gasteiger partial charge in [-0.25, -0.2) is 4.79 Å². The maximum Gasteiger partial charge on any atom is 0.330 e. The van der Waals surface area contributed by atoms with Crippen molar-refractivity contribution in [1.29, 1.82) is 0 Å². The number of hydrogen-bond acceptors (Lipinski definition) is 10. The SMILES string of the molecule is CC(=O)OC[C@H]1O[C@@H](n2cc(/C=C/I)c(=O)[nH]c2=O)[C@H](OC(C)=O)[C@H]1OS(=O)(=O)c1ccc(C)cc1. The molecule has 0 unspecified atom stereocenters. The summed E-state index contributed by atoms with van der Waals surface area (Å²) in [6.45, 7) is 3.55. The highest BCUT2D eigenvalue weighted by Crippen LogP contribution is 2.35. The topological polar surface area (TPSA) is 160 Å². The Morgan fingerprint density at radius 3 is 2.39 bits per heavy atom. The van der Waals surface area contributed by atoms with Crippen LogP contribution in [0, 0.1) is 6.92 Å². The Bertz CT molecular complexity index is 1380. The zero-order chi connectivity index (χ0) is 26.6. The Labute approximate surface area is 219 Å². The first-order valence-electron chi connectivity index (χ1n) is 10.5. The van der Waals surface area contributed by atoms with E-state index in [0.717, 1.165) is 24.0 Å². The van der Waals surface area contributed by atoms with E-state index in [-0.39, 0.29) is 10.5 Å². The summed E-state index contributed by atoms with van der Waals surface area (Å²) < 4.78 is 50.3. The normalized spacial score (nSPS) is 22.0. The molecule has 1 N–H and O–H groups in total. The van der Waals surface area contributed by atoms with E-state index in [9.17, 15) is 27.6 Å². The van der Waals surface area contributed by atoms with Gasteiger partial charge < -0.3 is 14.2 Å². The third-order valence-electron chi connectivity index (χ3n) is 5.10. The molecule has 2 aromatic rings. The maximum absolute atomic E-state index is 13.1. The highest BCUT2D eigenvalue weighted by molar-refractivity contribution is 14.1. The quantitative estimate of drug-likeness (QED) is 0.256. The Kier molecular flexibility index (Phi) is 8.86. The largest absolute Gasteiger partial charge is 0.463 e. The zero-order valence-corrected chi connectivity index (χ0v) is 22.3. The second kappa shape index (κ2) is 11.5. The molecule has 0 amide bonds. The van der Waals surface area contributed by atoms with Gasteiger partial charge in [0.25, 0.3) is 15.7 Å². The van der Waals surface area contributed by atoms with Gasteiger partial charge in [0, 0.05) is 20.0 Å². The molecule has 1 fully saturated rings. The summed E-state index contributed by atoms with van der Waals surface area (Å²) in [5.74, 6) is -1.49. The van der Waals surface area contributed by atoms with Crippen LogP contribution in [0.5, 0.6) is 0 Å². The van der Waals surface area contributed by atoms with Gasteiger partial charge >= 0.3 is 17.6 Å². The molecule has 36 heavy (non-hydrogen) atoms. The van der Waals surface area contributed by atoms with Gasteiger partial charge in [-0.3, -0.25) is 28.1 Å². The van der Waals surface area contributed by atoms with Crippen molar-refractivity contribution in [3.8, 4) is 0 Å². The van der Waals surface area contributed by atoms with Gasteiger partial charge in [0.2, 0.25) is 0 Å². The van der Waals surface area contributed by atoms with Crippen molar-refractivity contribution in [2.45, 2.75) is 50.2 Å². The molecule has 4 atom stereocenters. The molecule has 3 rings (SSSR count). The number of esters is 2. The molecule has 1 saturated heterocycles. The van der Waals surface area contributed by atoms with E-state index in [2.05, 4.69) is 4.98 Å². The molecule has 194 valence electrons. The van der Waals surface area contributed by atoms with Crippen LogP contribution in [-0.2, 0) is 38.1 Å². The number of H-pyrrole nitrogens is 1. The number of rotatable bonds is 8. The zero-order valence-electron chi connectivity index (χ0n) is 19.4. The van der Waals surface area contributed by atoms with E-state index in [1.165, 1.54) is 24.4 Å². The minimum atomic E-state index is -4.41. The van der Waals surface area contributed by atoms with Crippen LogP contribution in [0.3, 0.4) is 0 Å². The molecule has 0 radical (unpaired) electrons. The first-order valence-corrected chi connectivity index (χ1v) is 13.2. The molecule has 2 heterocycles. The fraction of sp³-hybridized carbons (Fsp3) is 0.364. The summed E-state index contributed by atoms with van der Waals surface area (Å²) in [5.41, 5.74) is -0.668. The average molecular weight is 634 g/mol. The first-order chi connectivity index (χ1) is 16.9. The predicted molar refractivity (Wildman–Crippen MR) is 134 cm³/mol. The van der Waals surface area contributed by atoms with E-state index >= 15 is 0 Å². The van der Waals surface area contributed by atoms with Crippen molar-refractivity contribution in [3.05, 3.63) is 66.5 Å². The molecule has 0 bridgehead atoms. The number of aryl methyl sites for hydroxylation is 1. The Morgan fingerprint density at radius 2 is 1.81 bits per heavy atom. The molecule has 0 saturated carbocycles. The number of hydrogen-bond donors (Lipinski definition) is 1. The number of aromatic nitrogens is 2. The van der Waals surface area contributed by atoms with E-state index in [1.54, 1.807) is 23.1 Å². The minimum Gasteiger partial charge on any atom is -0.463 e. The standard InChI is InChI=1S/C22H23IN2O10S/c1-12-4-6-16(7-5-12)36(30,31)35-18-17(11-32-13(2)26)34-21(19(18)33-14(3)27)25-10-15(8-9-23)20(28)24-22(25)29/h4-10,17-19,21H,11H2,1-3H3,(H,24,28,29)/b9-8+/t17-,18+,19-,21-/m1/s1. The summed E-state index contributed by atoms with van der Waals surface area (Å²) in [6.07, 6.45) is -3.05. The van der Waals surface area contributed by atoms with Crippen LogP contribution in [0.4, 0.5) is 0 Å². The van der Waals surface area contributed by atoms with Crippen LogP contribution in [-0.4, -0.2) is 54.8 Å². The molecule has 12 nitrogen and oxygen atoms in total. The highest BCUT2D eigenvalue weighted by atomic mass is 127. The third kappa shape index (κ3) is 6.48. The molecule has 14 heteroatoms. The van der Waals surface area contributed by atoms with E-state index in [0.29, 0.717) is 0 Å². The fourth-order valence-corrected chi connectivity index (χ4v) is 4.98. The Hall–Kier alpha value is -2.82. The lowest BCUT2D eigenvalue weighted by Gasteiger charge is -2.24. The number of aromatic amines is 1. The van der Waals surface area contributed by atoms with Crippen LogP contribution in [0.15, 0.2) is 49.0 Å². The summed E-state index contributed by atoms with van der Waals surface area (Å²) in [6, 6.07) is 5.84. The van der Waals surface area contributed by atoms with Crippen LogP contribution < -0.4 is 11.2 Å². The average Bonchev–Trinajstić information content (AvgIpc) is 3.10. The molecule has 0 spiro atoms. The van der Waals surface area contributed by atoms with Crippen molar-refractivity contribution in [1.82, 2.24) is 9.55 Å². The lowest BCUT2D eigenvalue weighted by Crippen LogP contribution is -2.43. The molecule has 0 aliphatic carbocycles. The monoisotopic (exact) mass is 634 g/mol. The van der Waals surface area contributed by atoms with Crippen LogP contribution in [0.25, 0.3) is 6.08 Å². The number of benzene rings is 1. The number of carbonyl (C=O) groups excluding carboxylic acids is 2. The van der Waals surface area contributed by atoms with E-state index < -0.39 is 64.5 Å². The summed E-state index contributed by atoms with van der Waals surface area (Å²) in [5, 5.41) is 0. The summed E-state index contributed by atoms with van der Waals surface area (Å²) in [4.78, 5) is 50.1. The Morgan fingerprint density at radius 1 is 1.14 bits per heavy atom. The van der Waals surface area contributed by atoms with Crippen LogP contribution >= 0.6 is 22.6 Å². The second-order valence-corrected chi connectivity index (χ2v) is 10.1. The Balaban J connectivity index is 2.09. The van der Waals surface area contributed by atoms with Crippen molar-refractivity contribution in [3.63, 3.8) is 0 Å². The van der Waals surface area contributed by atoms with Gasteiger partial charge in [0.05, 0.1) is 10.5 Å².